The number of hydrogen-bond acceptors (Lipinski definition) is 4. The minimum Gasteiger partial charge on any atom is -0.381 e. The summed E-state index contributed by atoms with van der Waals surface area (Å²) in [6, 6.07) is 0. The number of ether oxygens (including phenoxy) is 1. The van der Waals surface area contributed by atoms with Gasteiger partial charge in [0.05, 0.1) is 12.0 Å². The van der Waals surface area contributed by atoms with Crippen molar-refractivity contribution in [3.8, 4) is 0 Å². The van der Waals surface area contributed by atoms with E-state index in [0.717, 1.165) is 70.8 Å². The van der Waals surface area contributed by atoms with Gasteiger partial charge in [-0.1, -0.05) is 12.8 Å². The smallest absolute Gasteiger partial charge is 0.230 e. The van der Waals surface area contributed by atoms with Crippen LogP contribution in [0.5, 0.6) is 0 Å². The third-order valence-electron chi connectivity index (χ3n) is 7.09. The van der Waals surface area contributed by atoms with Gasteiger partial charge in [-0.05, 0) is 58.5 Å². The molecule has 3 fully saturated rings. The van der Waals surface area contributed by atoms with E-state index in [-0.39, 0.29) is 40.8 Å². The Morgan fingerprint density at radius 2 is 1.67 bits per heavy atom. The van der Waals surface area contributed by atoms with Crippen LogP contribution >= 0.6 is 24.0 Å². The standard InChI is InChI=1S/C22H41N5O2.HI/c1-4-23-20(24-17-21(9-5-6-10-21)19(28)26(2)3)25-18-22(11-15-29-16-12-22)27-13-7-8-14-27;/h4-18H2,1-3H3,(H2,23,24,25);1H. The van der Waals surface area contributed by atoms with Crippen LogP contribution in [0.15, 0.2) is 4.99 Å². The highest BCUT2D eigenvalue weighted by Crippen LogP contribution is 2.39. The molecular formula is C22H42IN5O2. The van der Waals surface area contributed by atoms with E-state index in [1.165, 1.54) is 25.9 Å². The molecule has 1 amide bonds. The van der Waals surface area contributed by atoms with Gasteiger partial charge < -0.3 is 20.3 Å². The first-order chi connectivity index (χ1) is 14.0. The topological polar surface area (TPSA) is 69.2 Å². The molecule has 0 atom stereocenters. The molecule has 0 aromatic rings. The Hall–Kier alpha value is -0.610. The molecule has 3 aliphatic rings. The van der Waals surface area contributed by atoms with Crippen LogP contribution in [-0.2, 0) is 9.53 Å². The van der Waals surface area contributed by atoms with Crippen molar-refractivity contribution in [2.45, 2.75) is 63.8 Å². The molecule has 174 valence electrons. The molecule has 0 unspecified atom stereocenters. The van der Waals surface area contributed by atoms with Crippen molar-refractivity contribution in [3.05, 3.63) is 0 Å². The molecule has 0 spiro atoms. The van der Waals surface area contributed by atoms with Crippen molar-refractivity contribution in [2.75, 3.05) is 60.0 Å². The molecule has 1 saturated carbocycles. The van der Waals surface area contributed by atoms with Gasteiger partial charge in [0.2, 0.25) is 5.91 Å². The number of hydrogen-bond donors (Lipinski definition) is 2. The van der Waals surface area contributed by atoms with E-state index in [2.05, 4.69) is 22.5 Å². The average molecular weight is 536 g/mol. The van der Waals surface area contributed by atoms with Crippen LogP contribution in [0.25, 0.3) is 0 Å². The predicted octanol–water partition coefficient (Wildman–Crippen LogP) is 2.45. The summed E-state index contributed by atoms with van der Waals surface area (Å²) in [4.78, 5) is 22.3. The van der Waals surface area contributed by atoms with Crippen LogP contribution in [-0.4, -0.2) is 87.2 Å². The first-order valence-electron chi connectivity index (χ1n) is 11.6. The van der Waals surface area contributed by atoms with E-state index in [0.29, 0.717) is 6.54 Å². The van der Waals surface area contributed by atoms with Gasteiger partial charge in [0.15, 0.2) is 5.96 Å². The molecule has 3 rings (SSSR count). The fraction of sp³-hybridized carbons (Fsp3) is 0.909. The Balaban J connectivity index is 0.00000320. The Kier molecular flexibility index (Phi) is 10.1. The maximum absolute atomic E-state index is 12.9. The fourth-order valence-electron chi connectivity index (χ4n) is 5.33. The second-order valence-corrected chi connectivity index (χ2v) is 9.27. The molecule has 2 saturated heterocycles. The SMILES string of the molecule is CCNC(=NCC1(N2CCCC2)CCOCC1)NCC1(C(=O)N(C)C)CCCC1.I. The molecule has 0 aromatic carbocycles. The third-order valence-corrected chi connectivity index (χ3v) is 7.09. The first kappa shape index (κ1) is 25.6. The van der Waals surface area contributed by atoms with Crippen LogP contribution in [0, 0.1) is 5.41 Å². The lowest BCUT2D eigenvalue weighted by molar-refractivity contribution is -0.138. The van der Waals surface area contributed by atoms with Crippen LogP contribution < -0.4 is 10.6 Å². The van der Waals surface area contributed by atoms with Crippen LogP contribution in [0.2, 0.25) is 0 Å². The maximum atomic E-state index is 12.9. The summed E-state index contributed by atoms with van der Waals surface area (Å²) in [6.07, 6.45) is 8.88. The number of carbonyl (C=O) groups is 1. The minimum atomic E-state index is -0.287. The van der Waals surface area contributed by atoms with E-state index in [1.807, 2.05) is 14.1 Å². The monoisotopic (exact) mass is 535 g/mol. The highest BCUT2D eigenvalue weighted by Gasteiger charge is 2.42. The van der Waals surface area contributed by atoms with Crippen LogP contribution in [0.3, 0.4) is 0 Å². The normalized spacial score (nSPS) is 23.6. The number of guanidine groups is 1. The first-order valence-corrected chi connectivity index (χ1v) is 11.6. The van der Waals surface area contributed by atoms with Crippen molar-refractivity contribution in [1.82, 2.24) is 20.4 Å². The van der Waals surface area contributed by atoms with Gasteiger partial charge in [0.25, 0.3) is 0 Å². The molecule has 0 bridgehead atoms. The highest BCUT2D eigenvalue weighted by atomic mass is 127. The average Bonchev–Trinajstić information content (AvgIpc) is 3.43. The summed E-state index contributed by atoms with van der Waals surface area (Å²) in [5, 5.41) is 6.93. The van der Waals surface area contributed by atoms with E-state index in [1.54, 1.807) is 4.90 Å². The van der Waals surface area contributed by atoms with Crippen LogP contribution in [0.4, 0.5) is 0 Å². The number of amides is 1. The lowest BCUT2D eigenvalue weighted by Crippen LogP contribution is -2.54. The lowest BCUT2D eigenvalue weighted by atomic mass is 9.84. The van der Waals surface area contributed by atoms with Gasteiger partial charge in [-0.3, -0.25) is 14.7 Å². The molecule has 1 aliphatic carbocycles. The van der Waals surface area contributed by atoms with E-state index in [4.69, 9.17) is 9.73 Å². The molecule has 2 N–H and O–H groups in total. The van der Waals surface area contributed by atoms with Gasteiger partial charge in [0, 0.05) is 45.9 Å². The Morgan fingerprint density at radius 3 is 2.23 bits per heavy atom. The molecule has 2 heterocycles. The molecular weight excluding hydrogens is 493 g/mol. The second kappa shape index (κ2) is 11.9. The zero-order valence-electron chi connectivity index (χ0n) is 19.2. The quantitative estimate of drug-likeness (QED) is 0.298. The number of carbonyl (C=O) groups excluding carboxylic acids is 1. The number of aliphatic imine (C=N–C) groups is 1. The molecule has 30 heavy (non-hydrogen) atoms. The van der Waals surface area contributed by atoms with Crippen molar-refractivity contribution >= 4 is 35.8 Å². The third kappa shape index (κ3) is 6.00. The summed E-state index contributed by atoms with van der Waals surface area (Å²) in [5.41, 5.74) is -0.160. The van der Waals surface area contributed by atoms with E-state index < -0.39 is 0 Å². The Morgan fingerprint density at radius 1 is 1.03 bits per heavy atom. The minimum absolute atomic E-state index is 0. The summed E-state index contributed by atoms with van der Waals surface area (Å²) >= 11 is 0. The van der Waals surface area contributed by atoms with E-state index in [9.17, 15) is 4.79 Å². The van der Waals surface area contributed by atoms with E-state index >= 15 is 0 Å². The highest BCUT2D eigenvalue weighted by molar-refractivity contribution is 14.0. The summed E-state index contributed by atoms with van der Waals surface area (Å²) in [5.74, 6) is 1.09. The van der Waals surface area contributed by atoms with Crippen molar-refractivity contribution in [1.29, 1.82) is 0 Å². The largest absolute Gasteiger partial charge is 0.381 e. The fourth-order valence-corrected chi connectivity index (χ4v) is 5.33. The van der Waals surface area contributed by atoms with Crippen molar-refractivity contribution in [2.24, 2.45) is 10.4 Å². The zero-order chi connectivity index (χ0) is 20.7. The summed E-state index contributed by atoms with van der Waals surface area (Å²) in [7, 11) is 3.74. The number of likely N-dealkylation sites (tertiary alicyclic amines) is 1. The molecule has 8 heteroatoms. The molecule has 2 aliphatic heterocycles. The van der Waals surface area contributed by atoms with Crippen molar-refractivity contribution < 1.29 is 9.53 Å². The molecule has 0 radical (unpaired) electrons. The second-order valence-electron chi connectivity index (χ2n) is 9.27. The van der Waals surface area contributed by atoms with Gasteiger partial charge in [-0.15, -0.1) is 24.0 Å². The van der Waals surface area contributed by atoms with Crippen molar-refractivity contribution in [3.63, 3.8) is 0 Å². The lowest BCUT2D eigenvalue weighted by Gasteiger charge is -2.43. The maximum Gasteiger partial charge on any atom is 0.230 e. The summed E-state index contributed by atoms with van der Waals surface area (Å²) in [6.45, 7) is 8.39. The number of nitrogens with zero attached hydrogens (tertiary/aromatic N) is 3. The van der Waals surface area contributed by atoms with Gasteiger partial charge >= 0.3 is 0 Å². The van der Waals surface area contributed by atoms with Gasteiger partial charge in [-0.2, -0.15) is 0 Å². The number of halogens is 1. The molecule has 0 aromatic heterocycles. The molecule has 7 nitrogen and oxygen atoms in total. The zero-order valence-corrected chi connectivity index (χ0v) is 21.5. The number of nitrogens with one attached hydrogen (secondary N) is 2. The number of rotatable bonds is 7. The van der Waals surface area contributed by atoms with Gasteiger partial charge in [0.1, 0.15) is 0 Å². The van der Waals surface area contributed by atoms with Gasteiger partial charge in [-0.25, -0.2) is 0 Å². The summed E-state index contributed by atoms with van der Waals surface area (Å²) < 4.78 is 5.67. The van der Waals surface area contributed by atoms with Crippen LogP contribution in [0.1, 0.15) is 58.3 Å². The Labute approximate surface area is 199 Å². The predicted molar refractivity (Wildman–Crippen MR) is 133 cm³/mol. The Bertz CT molecular complexity index is 566.